The normalized spacial score (nSPS) is 15.6. The number of hydrogen-bond acceptors (Lipinski definition) is 4. The first-order valence-corrected chi connectivity index (χ1v) is 10.4. The third-order valence-electron chi connectivity index (χ3n) is 5.11. The van der Waals surface area contributed by atoms with Crippen LogP contribution in [0.4, 0.5) is 14.6 Å². The highest BCUT2D eigenvalue weighted by Crippen LogP contribution is 2.37. The molecule has 2 heterocycles. The molecule has 8 heteroatoms. The second kappa shape index (κ2) is 8.02. The molecule has 4 rings (SSSR count). The van der Waals surface area contributed by atoms with Crippen molar-refractivity contribution in [2.45, 2.75) is 30.2 Å². The van der Waals surface area contributed by atoms with Crippen molar-refractivity contribution in [1.82, 2.24) is 9.55 Å². The van der Waals surface area contributed by atoms with Crippen LogP contribution in [0.2, 0.25) is 0 Å². The third-order valence-corrected chi connectivity index (χ3v) is 6.21. The molecule has 3 aromatic rings. The van der Waals surface area contributed by atoms with Crippen LogP contribution in [0, 0.1) is 18.6 Å². The minimum Gasteiger partial charge on any atom is -0.312 e. The number of thioether (sulfide) groups is 1. The van der Waals surface area contributed by atoms with Crippen LogP contribution in [0.3, 0.4) is 0 Å². The molecule has 1 aromatic heterocycles. The van der Waals surface area contributed by atoms with Crippen molar-refractivity contribution in [2.24, 2.45) is 7.05 Å². The summed E-state index contributed by atoms with van der Waals surface area (Å²) in [4.78, 5) is 29.4. The van der Waals surface area contributed by atoms with E-state index in [0.717, 1.165) is 17.2 Å². The van der Waals surface area contributed by atoms with E-state index in [0.29, 0.717) is 10.9 Å². The number of rotatable bonds is 4. The molecular weight excluding hydrogens is 408 g/mol. The summed E-state index contributed by atoms with van der Waals surface area (Å²) in [5.74, 6) is -2.47. The van der Waals surface area contributed by atoms with Crippen molar-refractivity contribution in [1.29, 1.82) is 0 Å². The van der Waals surface area contributed by atoms with Crippen LogP contribution in [0.25, 0.3) is 0 Å². The van der Waals surface area contributed by atoms with Gasteiger partial charge < -0.3 is 9.88 Å². The number of amides is 1. The maximum atomic E-state index is 14.4. The Labute approximate surface area is 176 Å². The van der Waals surface area contributed by atoms with Gasteiger partial charge in [0.15, 0.2) is 16.8 Å². The van der Waals surface area contributed by atoms with E-state index in [-0.39, 0.29) is 29.3 Å². The fourth-order valence-electron chi connectivity index (χ4n) is 3.67. The first-order chi connectivity index (χ1) is 14.3. The highest BCUT2D eigenvalue weighted by Gasteiger charge is 2.34. The van der Waals surface area contributed by atoms with Crippen molar-refractivity contribution in [3.63, 3.8) is 0 Å². The van der Waals surface area contributed by atoms with Crippen molar-refractivity contribution >= 4 is 23.5 Å². The summed E-state index contributed by atoms with van der Waals surface area (Å²) in [5.41, 5.74) is 1.80. The fraction of sp³-hybridized carbons (Fsp3) is 0.227. The van der Waals surface area contributed by atoms with Crippen molar-refractivity contribution in [3.8, 4) is 0 Å². The molecular formula is C22H19F2N3O2S. The molecule has 2 aromatic carbocycles. The van der Waals surface area contributed by atoms with Crippen LogP contribution in [0.5, 0.6) is 0 Å². The summed E-state index contributed by atoms with van der Waals surface area (Å²) < 4.78 is 29.8. The fourth-order valence-corrected chi connectivity index (χ4v) is 4.58. The highest BCUT2D eigenvalue weighted by atomic mass is 32.2. The number of fused-ring (bicyclic) bond motifs is 1. The Morgan fingerprint density at radius 1 is 1.20 bits per heavy atom. The Hall–Kier alpha value is -3.00. The number of nitrogens with zero attached hydrogens (tertiary/aromatic N) is 2. The van der Waals surface area contributed by atoms with Crippen molar-refractivity contribution in [2.75, 3.05) is 5.32 Å². The predicted molar refractivity (Wildman–Crippen MR) is 112 cm³/mol. The van der Waals surface area contributed by atoms with Gasteiger partial charge in [-0.3, -0.25) is 9.59 Å². The lowest BCUT2D eigenvalue weighted by Gasteiger charge is -2.27. The molecule has 0 unspecified atom stereocenters. The number of hydrogen-bond donors (Lipinski definition) is 1. The van der Waals surface area contributed by atoms with Gasteiger partial charge in [-0.05, 0) is 24.1 Å². The van der Waals surface area contributed by atoms with E-state index in [1.807, 2.05) is 31.2 Å². The molecule has 154 valence electrons. The zero-order valence-electron chi connectivity index (χ0n) is 16.4. The quantitative estimate of drug-likeness (QED) is 0.502. The molecule has 0 radical (unpaired) electrons. The zero-order chi connectivity index (χ0) is 21.4. The minimum atomic E-state index is -1.05. The lowest BCUT2D eigenvalue weighted by Crippen LogP contribution is -2.34. The number of nitrogens with one attached hydrogen (secondary N) is 1. The number of aryl methyl sites for hydroxylation is 1. The lowest BCUT2D eigenvalue weighted by molar-refractivity contribution is -0.116. The molecule has 0 aliphatic carbocycles. The predicted octanol–water partition coefficient (Wildman–Crippen LogP) is 4.13. The highest BCUT2D eigenvalue weighted by molar-refractivity contribution is 7.98. The van der Waals surface area contributed by atoms with Gasteiger partial charge >= 0.3 is 0 Å². The molecule has 0 spiro atoms. The molecule has 0 saturated carbocycles. The summed E-state index contributed by atoms with van der Waals surface area (Å²) in [7, 11) is 1.69. The standard InChI is InChI=1S/C22H19F2N3O2S/c1-12-5-3-6-13(9-12)11-30-22-26-21(29)18-15(10-17(28)25-20(18)27(22)2)14-7-4-8-16(23)19(14)24/h3-9,15H,10-11H2,1-2H3,(H,25,28)/t15-/m0/s1. The molecule has 30 heavy (non-hydrogen) atoms. The van der Waals surface area contributed by atoms with Crippen LogP contribution >= 0.6 is 11.8 Å². The SMILES string of the molecule is Cc1cccc(CSc2nc(=O)c3c(n2C)NC(=O)C[C@H]3c2cccc(F)c2F)c1. The van der Waals surface area contributed by atoms with E-state index in [2.05, 4.69) is 10.3 Å². The molecule has 1 N–H and O–H groups in total. The first-order valence-electron chi connectivity index (χ1n) is 9.38. The smallest absolute Gasteiger partial charge is 0.279 e. The number of carbonyl (C=O) groups is 1. The van der Waals surface area contributed by atoms with Gasteiger partial charge in [0.05, 0.1) is 5.56 Å². The van der Waals surface area contributed by atoms with E-state index in [1.165, 1.54) is 23.9 Å². The second-order valence-corrected chi connectivity index (χ2v) is 8.19. The van der Waals surface area contributed by atoms with Crippen LogP contribution in [0.15, 0.2) is 52.4 Å². The Bertz CT molecular complexity index is 1210. The maximum absolute atomic E-state index is 14.4. The van der Waals surface area contributed by atoms with Crippen LogP contribution in [0.1, 0.15) is 34.6 Å². The van der Waals surface area contributed by atoms with E-state index < -0.39 is 23.1 Å². The molecule has 0 bridgehead atoms. The molecule has 1 amide bonds. The molecule has 0 saturated heterocycles. The summed E-state index contributed by atoms with van der Waals surface area (Å²) in [6, 6.07) is 11.8. The summed E-state index contributed by atoms with van der Waals surface area (Å²) >= 11 is 1.37. The zero-order valence-corrected chi connectivity index (χ0v) is 17.2. The van der Waals surface area contributed by atoms with E-state index in [9.17, 15) is 18.4 Å². The average molecular weight is 427 g/mol. The van der Waals surface area contributed by atoms with Gasteiger partial charge in [0.25, 0.3) is 5.56 Å². The Morgan fingerprint density at radius 3 is 2.73 bits per heavy atom. The van der Waals surface area contributed by atoms with Crippen LogP contribution in [-0.4, -0.2) is 15.5 Å². The molecule has 0 fully saturated rings. The van der Waals surface area contributed by atoms with Crippen LogP contribution < -0.4 is 10.9 Å². The number of benzene rings is 2. The number of halogens is 2. The van der Waals surface area contributed by atoms with Gasteiger partial charge in [-0.25, -0.2) is 8.78 Å². The minimum absolute atomic E-state index is 0.0230. The van der Waals surface area contributed by atoms with Gasteiger partial charge in [0.2, 0.25) is 5.91 Å². The summed E-state index contributed by atoms with van der Waals surface area (Å²) in [6.45, 7) is 2.00. The maximum Gasteiger partial charge on any atom is 0.279 e. The largest absolute Gasteiger partial charge is 0.312 e. The van der Waals surface area contributed by atoms with E-state index in [1.54, 1.807) is 11.6 Å². The lowest BCUT2D eigenvalue weighted by atomic mass is 9.86. The summed E-state index contributed by atoms with van der Waals surface area (Å²) in [5, 5.41) is 3.14. The second-order valence-electron chi connectivity index (χ2n) is 7.25. The topological polar surface area (TPSA) is 64.0 Å². The molecule has 1 atom stereocenters. The van der Waals surface area contributed by atoms with Gasteiger partial charge in [-0.15, -0.1) is 0 Å². The van der Waals surface area contributed by atoms with E-state index in [4.69, 9.17) is 0 Å². The number of aromatic nitrogens is 2. The van der Waals surface area contributed by atoms with Gasteiger partial charge in [0.1, 0.15) is 5.82 Å². The first kappa shape index (κ1) is 20.3. The Kier molecular flexibility index (Phi) is 5.42. The number of carbonyl (C=O) groups excluding carboxylic acids is 1. The molecule has 5 nitrogen and oxygen atoms in total. The monoisotopic (exact) mass is 427 g/mol. The Balaban J connectivity index is 1.75. The average Bonchev–Trinajstić information content (AvgIpc) is 2.71. The van der Waals surface area contributed by atoms with E-state index >= 15 is 0 Å². The van der Waals surface area contributed by atoms with Gasteiger partial charge in [-0.1, -0.05) is 53.7 Å². The van der Waals surface area contributed by atoms with Crippen molar-refractivity contribution in [3.05, 3.63) is 86.7 Å². The third kappa shape index (κ3) is 3.75. The van der Waals surface area contributed by atoms with Crippen molar-refractivity contribution < 1.29 is 13.6 Å². The van der Waals surface area contributed by atoms with Crippen LogP contribution in [-0.2, 0) is 17.6 Å². The van der Waals surface area contributed by atoms with Gasteiger partial charge in [0, 0.05) is 25.1 Å². The summed E-state index contributed by atoms with van der Waals surface area (Å²) in [6.07, 6.45) is -0.153. The number of anilines is 1. The Morgan fingerprint density at radius 2 is 1.97 bits per heavy atom. The molecule has 1 aliphatic heterocycles. The van der Waals surface area contributed by atoms with Gasteiger partial charge in [-0.2, -0.15) is 4.98 Å². The molecule has 1 aliphatic rings.